The van der Waals surface area contributed by atoms with Gasteiger partial charge in [-0.3, -0.25) is 4.79 Å². The van der Waals surface area contributed by atoms with Crippen LogP contribution in [0.25, 0.3) is 10.9 Å². The fraction of sp³-hybridized carbons (Fsp3) is 0.400. The van der Waals surface area contributed by atoms with E-state index in [1.54, 1.807) is 0 Å². The first-order valence-corrected chi connectivity index (χ1v) is 13.2. The van der Waals surface area contributed by atoms with Crippen LogP contribution in [0.4, 0.5) is 0 Å². The molecule has 0 radical (unpaired) electrons. The fourth-order valence-electron chi connectivity index (χ4n) is 4.39. The minimum absolute atomic E-state index is 0.0811. The van der Waals surface area contributed by atoms with Crippen LogP contribution in [-0.2, 0) is 4.79 Å². The van der Waals surface area contributed by atoms with Gasteiger partial charge in [0.1, 0.15) is 5.75 Å². The molecule has 3 aromatic rings. The topological polar surface area (TPSA) is 45.3 Å². The third kappa shape index (κ3) is 4.90. The highest BCUT2D eigenvalue weighted by Gasteiger charge is 2.25. The van der Waals surface area contributed by atoms with Gasteiger partial charge in [-0.15, -0.1) is 23.5 Å². The van der Waals surface area contributed by atoms with Crippen molar-refractivity contribution in [2.75, 3.05) is 31.2 Å². The second-order valence-electron chi connectivity index (χ2n) is 8.25. The molecule has 3 heterocycles. The maximum absolute atomic E-state index is 12.7. The van der Waals surface area contributed by atoms with Gasteiger partial charge in [0.15, 0.2) is 6.61 Å². The molecule has 6 heteroatoms. The van der Waals surface area contributed by atoms with Gasteiger partial charge in [0, 0.05) is 30.2 Å². The lowest BCUT2D eigenvalue weighted by Gasteiger charge is -2.31. The van der Waals surface area contributed by atoms with Crippen molar-refractivity contribution in [3.63, 3.8) is 0 Å². The van der Waals surface area contributed by atoms with Gasteiger partial charge in [0.2, 0.25) is 0 Å². The SMILES string of the molecule is O=C(COc1ccc(C2SCCCS2)cc1)N1CCC(c2cc3ccccc3[nH]2)CC1. The van der Waals surface area contributed by atoms with E-state index in [1.807, 2.05) is 40.6 Å². The number of nitrogens with one attached hydrogen (secondary N) is 1. The summed E-state index contributed by atoms with van der Waals surface area (Å²) in [6, 6.07) is 18.9. The molecule has 5 rings (SSSR count). The number of hydrogen-bond donors (Lipinski definition) is 1. The maximum Gasteiger partial charge on any atom is 0.260 e. The molecule has 162 valence electrons. The number of likely N-dealkylation sites (tertiary alicyclic amines) is 1. The van der Waals surface area contributed by atoms with Gasteiger partial charge < -0.3 is 14.6 Å². The molecule has 31 heavy (non-hydrogen) atoms. The van der Waals surface area contributed by atoms with E-state index in [-0.39, 0.29) is 12.5 Å². The van der Waals surface area contributed by atoms with E-state index in [9.17, 15) is 4.79 Å². The van der Waals surface area contributed by atoms with Crippen molar-refractivity contribution in [1.82, 2.24) is 9.88 Å². The number of thioether (sulfide) groups is 2. The summed E-state index contributed by atoms with van der Waals surface area (Å²) in [6.45, 7) is 1.69. The minimum Gasteiger partial charge on any atom is -0.484 e. The summed E-state index contributed by atoms with van der Waals surface area (Å²) >= 11 is 4.04. The van der Waals surface area contributed by atoms with E-state index in [2.05, 4.69) is 47.4 Å². The summed E-state index contributed by atoms with van der Waals surface area (Å²) in [5.74, 6) is 3.82. The zero-order chi connectivity index (χ0) is 21.0. The number of nitrogens with zero attached hydrogens (tertiary/aromatic N) is 1. The van der Waals surface area contributed by atoms with Crippen LogP contribution < -0.4 is 4.74 Å². The van der Waals surface area contributed by atoms with E-state index in [1.165, 1.54) is 40.1 Å². The van der Waals surface area contributed by atoms with Crippen molar-refractivity contribution in [2.45, 2.75) is 29.8 Å². The van der Waals surface area contributed by atoms with Crippen molar-refractivity contribution in [3.8, 4) is 5.75 Å². The number of hydrogen-bond acceptors (Lipinski definition) is 4. The smallest absolute Gasteiger partial charge is 0.260 e. The van der Waals surface area contributed by atoms with Crippen molar-refractivity contribution in [3.05, 3.63) is 65.9 Å². The predicted octanol–water partition coefficient (Wildman–Crippen LogP) is 5.82. The van der Waals surface area contributed by atoms with Crippen LogP contribution in [0.5, 0.6) is 5.75 Å². The molecule has 1 amide bonds. The zero-order valence-corrected chi connectivity index (χ0v) is 19.2. The highest BCUT2D eigenvalue weighted by Crippen LogP contribution is 2.43. The summed E-state index contributed by atoms with van der Waals surface area (Å²) in [4.78, 5) is 18.2. The van der Waals surface area contributed by atoms with Gasteiger partial charge in [-0.25, -0.2) is 0 Å². The number of rotatable bonds is 5. The summed E-state index contributed by atoms with van der Waals surface area (Å²) in [6.07, 6.45) is 3.28. The largest absolute Gasteiger partial charge is 0.484 e. The molecule has 2 aliphatic heterocycles. The lowest BCUT2D eigenvalue weighted by atomic mass is 9.93. The van der Waals surface area contributed by atoms with Crippen LogP contribution in [0.3, 0.4) is 0 Å². The van der Waals surface area contributed by atoms with Crippen LogP contribution in [0.2, 0.25) is 0 Å². The van der Waals surface area contributed by atoms with Crippen LogP contribution in [0.15, 0.2) is 54.6 Å². The average Bonchev–Trinajstić information content (AvgIpc) is 3.28. The maximum atomic E-state index is 12.7. The molecule has 0 bridgehead atoms. The normalized spacial score (nSPS) is 18.4. The van der Waals surface area contributed by atoms with Gasteiger partial charge in [-0.05, 0) is 66.0 Å². The molecular weight excluding hydrogens is 424 g/mol. The summed E-state index contributed by atoms with van der Waals surface area (Å²) in [7, 11) is 0. The number of ether oxygens (including phenoxy) is 1. The number of H-pyrrole nitrogens is 1. The molecule has 0 saturated carbocycles. The number of carbonyl (C=O) groups excluding carboxylic acids is 1. The number of piperidine rings is 1. The molecule has 0 spiro atoms. The molecule has 0 unspecified atom stereocenters. The molecule has 2 fully saturated rings. The molecule has 2 aliphatic rings. The van der Waals surface area contributed by atoms with Crippen LogP contribution in [-0.4, -0.2) is 47.0 Å². The van der Waals surface area contributed by atoms with Crippen molar-refractivity contribution in [2.24, 2.45) is 0 Å². The first kappa shape index (κ1) is 20.8. The third-order valence-corrected chi connectivity index (χ3v) is 9.20. The van der Waals surface area contributed by atoms with E-state index in [0.717, 1.165) is 31.7 Å². The van der Waals surface area contributed by atoms with Crippen molar-refractivity contribution < 1.29 is 9.53 Å². The average molecular weight is 453 g/mol. The lowest BCUT2D eigenvalue weighted by molar-refractivity contribution is -0.134. The Morgan fingerprint density at radius 2 is 1.77 bits per heavy atom. The molecule has 2 saturated heterocycles. The lowest BCUT2D eigenvalue weighted by Crippen LogP contribution is -2.40. The second kappa shape index (κ2) is 9.61. The predicted molar refractivity (Wildman–Crippen MR) is 131 cm³/mol. The van der Waals surface area contributed by atoms with Crippen LogP contribution in [0, 0.1) is 0 Å². The summed E-state index contributed by atoms with van der Waals surface area (Å²) in [5, 5.41) is 1.26. The van der Waals surface area contributed by atoms with Gasteiger partial charge >= 0.3 is 0 Å². The van der Waals surface area contributed by atoms with Gasteiger partial charge in [-0.2, -0.15) is 0 Å². The number of benzene rings is 2. The highest BCUT2D eigenvalue weighted by molar-refractivity contribution is 8.16. The van der Waals surface area contributed by atoms with Crippen molar-refractivity contribution >= 4 is 40.3 Å². The molecular formula is C25H28N2O2S2. The van der Waals surface area contributed by atoms with Crippen molar-refractivity contribution in [1.29, 1.82) is 0 Å². The van der Waals surface area contributed by atoms with Gasteiger partial charge in [0.25, 0.3) is 5.91 Å². The van der Waals surface area contributed by atoms with Crippen LogP contribution >= 0.6 is 23.5 Å². The summed E-state index contributed by atoms with van der Waals surface area (Å²) < 4.78 is 6.33. The Hall–Kier alpha value is -2.05. The molecule has 2 aromatic carbocycles. The molecule has 0 atom stereocenters. The first-order chi connectivity index (χ1) is 15.3. The highest BCUT2D eigenvalue weighted by atomic mass is 32.2. The standard InChI is InChI=1S/C25H28N2O2S2/c28-24(17-29-21-8-6-19(7-9-21)25-30-14-3-15-31-25)27-12-10-18(11-13-27)23-16-20-4-1-2-5-22(20)26-23/h1-2,4-9,16,18,25-26H,3,10-15,17H2. The van der Waals surface area contributed by atoms with E-state index in [0.29, 0.717) is 10.5 Å². The third-order valence-electron chi connectivity index (χ3n) is 6.18. The minimum atomic E-state index is 0.0811. The second-order valence-corrected chi connectivity index (χ2v) is 11.0. The van der Waals surface area contributed by atoms with E-state index < -0.39 is 0 Å². The summed E-state index contributed by atoms with van der Waals surface area (Å²) in [5.41, 5.74) is 3.82. The van der Waals surface area contributed by atoms with Crippen LogP contribution in [0.1, 0.15) is 41.0 Å². The van der Waals surface area contributed by atoms with Gasteiger partial charge in [0.05, 0.1) is 4.58 Å². The molecule has 0 aliphatic carbocycles. The molecule has 1 N–H and O–H groups in total. The first-order valence-electron chi connectivity index (χ1n) is 11.1. The Balaban J connectivity index is 1.10. The molecule has 4 nitrogen and oxygen atoms in total. The quantitative estimate of drug-likeness (QED) is 0.530. The van der Waals surface area contributed by atoms with E-state index in [4.69, 9.17) is 4.74 Å². The number of carbonyl (C=O) groups is 1. The Bertz CT molecular complexity index is 986. The fourth-order valence-corrected chi connectivity index (χ4v) is 7.29. The monoisotopic (exact) mass is 452 g/mol. The Kier molecular flexibility index (Phi) is 6.46. The number of fused-ring (bicyclic) bond motifs is 1. The number of aromatic amines is 1. The number of amides is 1. The molecule has 1 aromatic heterocycles. The Morgan fingerprint density at radius 1 is 1.03 bits per heavy atom. The Labute approximate surface area is 192 Å². The Morgan fingerprint density at radius 3 is 2.52 bits per heavy atom. The van der Waals surface area contributed by atoms with E-state index >= 15 is 0 Å². The van der Waals surface area contributed by atoms with Gasteiger partial charge in [-0.1, -0.05) is 30.3 Å². The number of para-hydroxylation sites is 1. The zero-order valence-electron chi connectivity index (χ0n) is 17.6. The number of aromatic nitrogens is 1.